The molecule has 4 N–H and O–H groups in total. The number of esters is 1. The number of carboxylic acid groups (broad SMARTS) is 1. The van der Waals surface area contributed by atoms with E-state index in [1.807, 2.05) is 13.0 Å². The van der Waals surface area contributed by atoms with Gasteiger partial charge in [0.05, 0.1) is 19.0 Å². The molecule has 4 aromatic rings. The first-order valence-electron chi connectivity index (χ1n) is 17.1. The number of carbonyl (C=O) groups excluding carboxylic acids is 2. The Morgan fingerprint density at radius 1 is 1.05 bits per heavy atom. The molecule has 20 heteroatoms. The van der Waals surface area contributed by atoms with Crippen LogP contribution < -0.4 is 20.7 Å². The molecule has 1 amide bonds. The van der Waals surface area contributed by atoms with Crippen LogP contribution in [0.3, 0.4) is 0 Å². The number of nitrogens with zero attached hydrogens (tertiary/aromatic N) is 3. The second-order valence-electron chi connectivity index (χ2n) is 11.8. The molecule has 1 saturated heterocycles. The van der Waals surface area contributed by atoms with Crippen LogP contribution in [-0.4, -0.2) is 83.5 Å². The average molecular weight is 807 g/mol. The molecule has 0 saturated carbocycles. The molecule has 5 rings (SSSR count). The lowest BCUT2D eigenvalue weighted by Crippen LogP contribution is -2.39. The summed E-state index contributed by atoms with van der Waals surface area (Å²) >= 11 is 0. The molecule has 12 nitrogen and oxygen atoms in total. The number of aromatic nitrogens is 3. The van der Waals surface area contributed by atoms with Gasteiger partial charge in [0.15, 0.2) is 29.7 Å². The summed E-state index contributed by atoms with van der Waals surface area (Å²) in [5, 5.41) is 16.6. The van der Waals surface area contributed by atoms with Crippen LogP contribution in [0.5, 0.6) is 5.75 Å². The molecule has 1 aliphatic rings. The highest BCUT2D eigenvalue weighted by molar-refractivity contribution is 5.96. The van der Waals surface area contributed by atoms with E-state index in [1.54, 1.807) is 12.1 Å². The molecule has 0 unspecified atom stereocenters. The number of rotatable bonds is 12. The van der Waals surface area contributed by atoms with Gasteiger partial charge in [-0.2, -0.15) is 26.3 Å². The number of nitrogens with one attached hydrogen (secondary N) is 3. The number of alkyl halides is 6. The van der Waals surface area contributed by atoms with Gasteiger partial charge in [-0.15, -0.1) is 0 Å². The number of imidazole rings is 1. The second-order valence-corrected chi connectivity index (χ2v) is 11.8. The SMILES string of the molecule is CC1CNC1.CCCCCNC(=O)c1ccc(Nc2nccn3c(-c4ccc(OC(F)F)c(F)c4F)cnc23)cc1CC.COC(=O)C(F)(F)F.O=C(O)CF. The number of unbranched alkanes of at least 4 members (excludes halogenated alkanes) is 2. The van der Waals surface area contributed by atoms with E-state index in [-0.39, 0.29) is 17.2 Å². The molecular weight excluding hydrogens is 764 g/mol. The minimum absolute atomic E-state index is 0.123. The molecule has 0 aliphatic carbocycles. The maximum absolute atomic E-state index is 14.7. The molecule has 2 aromatic heterocycles. The lowest BCUT2D eigenvalue weighted by molar-refractivity contribution is -0.196. The number of benzene rings is 2. The smallest absolute Gasteiger partial charge is 0.479 e. The first kappa shape index (κ1) is 46.6. The zero-order chi connectivity index (χ0) is 42.0. The number of carbonyl (C=O) groups is 3. The van der Waals surface area contributed by atoms with Crippen LogP contribution in [-0.2, 0) is 20.7 Å². The van der Waals surface area contributed by atoms with Crippen LogP contribution in [0.2, 0.25) is 0 Å². The Morgan fingerprint density at radius 3 is 2.21 bits per heavy atom. The van der Waals surface area contributed by atoms with E-state index >= 15 is 0 Å². The number of carboxylic acids is 1. The summed E-state index contributed by atoms with van der Waals surface area (Å²) in [6.45, 7) is 4.84. The number of ether oxygens (including phenoxy) is 2. The van der Waals surface area contributed by atoms with Crippen molar-refractivity contribution in [1.82, 2.24) is 25.0 Å². The predicted molar refractivity (Wildman–Crippen MR) is 190 cm³/mol. The Bertz CT molecular complexity index is 1890. The summed E-state index contributed by atoms with van der Waals surface area (Å²) in [4.78, 5) is 39.7. The molecular formula is C36H42F8N6O6. The number of hydrogen-bond acceptors (Lipinski definition) is 9. The molecule has 3 heterocycles. The number of aliphatic carboxylic acids is 1. The largest absolute Gasteiger partial charge is 0.490 e. The molecule has 1 aliphatic heterocycles. The Balaban J connectivity index is 0.000000494. The van der Waals surface area contributed by atoms with E-state index < -0.39 is 48.8 Å². The number of amides is 1. The highest BCUT2D eigenvalue weighted by Gasteiger charge is 2.40. The van der Waals surface area contributed by atoms with Gasteiger partial charge >= 0.3 is 24.7 Å². The summed E-state index contributed by atoms with van der Waals surface area (Å²) < 4.78 is 106. The standard InChI is InChI=1S/C27H27F4N5O2.C4H9N.C3H3F3O2.C2H3FO2/c1-3-5-6-11-33-26(37)18-8-7-17(14-16(18)4-2)35-24-25-34-15-20(36(25)13-12-32-24)19-9-10-21(38-27(30)31)23(29)22(19)28;1-4-2-5-3-4;1-8-2(7)3(4,5)6;3-1-2(4)5/h7-10,12-15,27H,3-6,11H2,1-2H3,(H,32,35)(H,33,37);4-5H,2-3H2,1H3;1H3;1H2,(H,4,5). The van der Waals surface area contributed by atoms with Crippen molar-refractivity contribution < 1.29 is 64.1 Å². The van der Waals surface area contributed by atoms with Gasteiger partial charge in [0.2, 0.25) is 5.82 Å². The summed E-state index contributed by atoms with van der Waals surface area (Å²) in [7, 11) is 0.676. The van der Waals surface area contributed by atoms with Crippen LogP contribution >= 0.6 is 0 Å². The first-order chi connectivity index (χ1) is 26.5. The molecule has 308 valence electrons. The van der Waals surface area contributed by atoms with Gasteiger partial charge in [-0.3, -0.25) is 9.20 Å². The van der Waals surface area contributed by atoms with E-state index in [9.17, 15) is 44.7 Å². The van der Waals surface area contributed by atoms with Crippen molar-refractivity contribution in [2.75, 3.05) is 38.7 Å². The third kappa shape index (κ3) is 14.3. The van der Waals surface area contributed by atoms with Gasteiger partial charge in [-0.25, -0.2) is 28.3 Å². The van der Waals surface area contributed by atoms with E-state index in [0.29, 0.717) is 42.8 Å². The van der Waals surface area contributed by atoms with Crippen LogP contribution in [0.15, 0.2) is 48.9 Å². The second kappa shape index (κ2) is 22.8. The summed E-state index contributed by atoms with van der Waals surface area (Å²) in [6.07, 6.45) is 3.15. The maximum atomic E-state index is 14.7. The molecule has 56 heavy (non-hydrogen) atoms. The average Bonchev–Trinajstić information content (AvgIpc) is 3.59. The number of aryl methyl sites for hydroxylation is 1. The summed E-state index contributed by atoms with van der Waals surface area (Å²) in [5.74, 6) is -6.15. The third-order valence-corrected chi connectivity index (χ3v) is 7.54. The highest BCUT2D eigenvalue weighted by atomic mass is 19.4. The molecule has 0 radical (unpaired) electrons. The number of methoxy groups -OCH3 is 1. The van der Waals surface area contributed by atoms with Crippen molar-refractivity contribution in [2.24, 2.45) is 5.92 Å². The van der Waals surface area contributed by atoms with Gasteiger partial charge < -0.3 is 30.5 Å². The Hall–Kier alpha value is -5.53. The molecule has 0 spiro atoms. The van der Waals surface area contributed by atoms with Crippen molar-refractivity contribution in [3.63, 3.8) is 0 Å². The maximum Gasteiger partial charge on any atom is 0.490 e. The zero-order valence-corrected chi connectivity index (χ0v) is 30.8. The monoisotopic (exact) mass is 806 g/mol. The Morgan fingerprint density at radius 2 is 1.71 bits per heavy atom. The Labute approximate surface area is 316 Å². The van der Waals surface area contributed by atoms with Crippen molar-refractivity contribution in [3.05, 3.63) is 71.7 Å². The topological polar surface area (TPSA) is 156 Å². The Kier molecular flexibility index (Phi) is 18.9. The number of hydrogen-bond donors (Lipinski definition) is 4. The molecule has 1 fully saturated rings. The van der Waals surface area contributed by atoms with Gasteiger partial charge in [0.25, 0.3) is 5.91 Å². The quantitative estimate of drug-likeness (QED) is 0.0643. The lowest BCUT2D eigenvalue weighted by Gasteiger charge is -2.21. The van der Waals surface area contributed by atoms with Crippen LogP contribution in [0, 0.1) is 17.6 Å². The van der Waals surface area contributed by atoms with Gasteiger partial charge in [0, 0.05) is 35.8 Å². The number of anilines is 2. The van der Waals surface area contributed by atoms with Gasteiger partial charge in [0.1, 0.15) is 0 Å². The lowest BCUT2D eigenvalue weighted by atomic mass is 10.0. The van der Waals surface area contributed by atoms with Crippen LogP contribution in [0.1, 0.15) is 56.0 Å². The van der Waals surface area contributed by atoms with Crippen molar-refractivity contribution in [1.29, 1.82) is 0 Å². The predicted octanol–water partition coefficient (Wildman–Crippen LogP) is 7.49. The summed E-state index contributed by atoms with van der Waals surface area (Å²) in [5.41, 5.74) is 2.44. The fourth-order valence-corrected chi connectivity index (χ4v) is 4.67. The van der Waals surface area contributed by atoms with Gasteiger partial charge in [-0.1, -0.05) is 33.6 Å². The fraction of sp³-hybridized carbons (Fsp3) is 0.417. The van der Waals surface area contributed by atoms with Crippen LogP contribution in [0.25, 0.3) is 16.9 Å². The van der Waals surface area contributed by atoms with Crippen molar-refractivity contribution in [2.45, 2.75) is 59.2 Å². The first-order valence-corrected chi connectivity index (χ1v) is 17.1. The normalized spacial score (nSPS) is 12.2. The van der Waals surface area contributed by atoms with Crippen molar-refractivity contribution in [3.8, 4) is 17.0 Å². The minimum Gasteiger partial charge on any atom is -0.479 e. The highest BCUT2D eigenvalue weighted by Crippen LogP contribution is 2.32. The molecule has 2 aromatic carbocycles. The van der Waals surface area contributed by atoms with E-state index in [0.717, 1.165) is 42.9 Å². The summed E-state index contributed by atoms with van der Waals surface area (Å²) in [6, 6.07) is 7.44. The number of fused-ring (bicyclic) bond motifs is 1. The van der Waals surface area contributed by atoms with E-state index in [4.69, 9.17) is 9.90 Å². The van der Waals surface area contributed by atoms with E-state index in [1.165, 1.54) is 36.1 Å². The van der Waals surface area contributed by atoms with E-state index in [2.05, 4.69) is 49.2 Å². The zero-order valence-electron chi connectivity index (χ0n) is 30.8. The van der Waals surface area contributed by atoms with Gasteiger partial charge in [-0.05, 0) is 67.7 Å². The number of halogens is 8. The minimum atomic E-state index is -4.85. The molecule has 0 atom stereocenters. The third-order valence-electron chi connectivity index (χ3n) is 7.54. The van der Waals surface area contributed by atoms with Crippen molar-refractivity contribution >= 4 is 35.0 Å². The van der Waals surface area contributed by atoms with Crippen LogP contribution in [0.4, 0.5) is 46.6 Å². The molecule has 0 bridgehead atoms. The fourth-order valence-electron chi connectivity index (χ4n) is 4.67.